The van der Waals surface area contributed by atoms with Gasteiger partial charge in [-0.05, 0) is 50.6 Å². The van der Waals surface area contributed by atoms with Crippen molar-refractivity contribution in [2.45, 2.75) is 32.7 Å². The Morgan fingerprint density at radius 3 is 2.52 bits per heavy atom. The van der Waals surface area contributed by atoms with E-state index in [0.29, 0.717) is 23.7 Å². The number of sulfonamides is 1. The standard InChI is InChI=1S/C21H27ClN2O4S/c1-16-9-11-20(12-10-16)28-15-17(2)23-21(25)8-5-13-24(29(3,26)27)19-7-4-6-18(22)14-19/h4,6-7,9-12,14,17H,5,8,13,15H2,1-3H3,(H,23,25). The second-order valence-corrected chi connectivity index (χ2v) is 9.35. The average molecular weight is 439 g/mol. The smallest absolute Gasteiger partial charge is 0.232 e. The third-order valence-electron chi connectivity index (χ3n) is 4.19. The molecule has 0 aliphatic carbocycles. The lowest BCUT2D eigenvalue weighted by molar-refractivity contribution is -0.121. The van der Waals surface area contributed by atoms with Crippen LogP contribution in [0.25, 0.3) is 0 Å². The molecule has 0 aliphatic heterocycles. The summed E-state index contributed by atoms with van der Waals surface area (Å²) >= 11 is 5.96. The number of nitrogens with zero attached hydrogens (tertiary/aromatic N) is 1. The van der Waals surface area contributed by atoms with Gasteiger partial charge in [-0.15, -0.1) is 0 Å². The molecular weight excluding hydrogens is 412 g/mol. The van der Waals surface area contributed by atoms with Crippen LogP contribution in [0, 0.1) is 6.92 Å². The van der Waals surface area contributed by atoms with Gasteiger partial charge in [0.1, 0.15) is 12.4 Å². The Hall–Kier alpha value is -2.25. The summed E-state index contributed by atoms with van der Waals surface area (Å²) < 4.78 is 31.1. The minimum atomic E-state index is -3.48. The zero-order chi connectivity index (χ0) is 21.4. The minimum absolute atomic E-state index is 0.149. The molecule has 2 aromatic rings. The van der Waals surface area contributed by atoms with Crippen LogP contribution >= 0.6 is 11.6 Å². The number of rotatable bonds is 10. The molecule has 0 saturated heterocycles. The van der Waals surface area contributed by atoms with Crippen LogP contribution in [-0.2, 0) is 14.8 Å². The zero-order valence-electron chi connectivity index (χ0n) is 16.9. The summed E-state index contributed by atoms with van der Waals surface area (Å²) in [5.74, 6) is 0.603. The molecule has 0 bridgehead atoms. The summed E-state index contributed by atoms with van der Waals surface area (Å²) in [6, 6.07) is 14.2. The second-order valence-electron chi connectivity index (χ2n) is 7.01. The third kappa shape index (κ3) is 7.95. The van der Waals surface area contributed by atoms with E-state index in [4.69, 9.17) is 16.3 Å². The van der Waals surface area contributed by atoms with Gasteiger partial charge in [-0.25, -0.2) is 8.42 Å². The third-order valence-corrected chi connectivity index (χ3v) is 5.62. The van der Waals surface area contributed by atoms with E-state index >= 15 is 0 Å². The molecule has 0 aromatic heterocycles. The van der Waals surface area contributed by atoms with Crippen LogP contribution in [0.4, 0.5) is 5.69 Å². The van der Waals surface area contributed by atoms with Crippen LogP contribution < -0.4 is 14.4 Å². The molecule has 29 heavy (non-hydrogen) atoms. The lowest BCUT2D eigenvalue weighted by Gasteiger charge is -2.22. The molecule has 1 atom stereocenters. The summed E-state index contributed by atoms with van der Waals surface area (Å²) in [4.78, 5) is 12.2. The van der Waals surface area contributed by atoms with Crippen molar-refractivity contribution in [1.29, 1.82) is 0 Å². The van der Waals surface area contributed by atoms with Crippen LogP contribution in [-0.4, -0.2) is 39.8 Å². The van der Waals surface area contributed by atoms with Gasteiger partial charge in [0.05, 0.1) is 18.0 Å². The SMILES string of the molecule is Cc1ccc(OCC(C)NC(=O)CCCN(c2cccc(Cl)c2)S(C)(=O)=O)cc1. The summed E-state index contributed by atoms with van der Waals surface area (Å²) in [7, 11) is -3.48. The molecule has 1 N–H and O–H groups in total. The topological polar surface area (TPSA) is 75.7 Å². The maximum absolute atomic E-state index is 12.2. The fourth-order valence-electron chi connectivity index (χ4n) is 2.75. The number of anilines is 1. The first kappa shape index (κ1) is 23.0. The van der Waals surface area contributed by atoms with Crippen molar-refractivity contribution < 1.29 is 17.9 Å². The zero-order valence-corrected chi connectivity index (χ0v) is 18.5. The molecule has 0 fully saturated rings. The Morgan fingerprint density at radius 1 is 1.21 bits per heavy atom. The molecule has 8 heteroatoms. The highest BCUT2D eigenvalue weighted by Crippen LogP contribution is 2.22. The Labute approximate surface area is 177 Å². The van der Waals surface area contributed by atoms with E-state index in [9.17, 15) is 13.2 Å². The normalized spacial score (nSPS) is 12.3. The fraction of sp³-hybridized carbons (Fsp3) is 0.381. The summed E-state index contributed by atoms with van der Waals surface area (Å²) in [5.41, 5.74) is 1.64. The van der Waals surface area contributed by atoms with E-state index in [-0.39, 0.29) is 24.9 Å². The first-order valence-electron chi connectivity index (χ1n) is 9.37. The fourth-order valence-corrected chi connectivity index (χ4v) is 3.89. The van der Waals surface area contributed by atoms with E-state index in [0.717, 1.165) is 17.6 Å². The maximum Gasteiger partial charge on any atom is 0.232 e. The number of amides is 1. The highest BCUT2D eigenvalue weighted by molar-refractivity contribution is 7.92. The first-order valence-corrected chi connectivity index (χ1v) is 11.6. The highest BCUT2D eigenvalue weighted by atomic mass is 35.5. The van der Waals surface area contributed by atoms with Gasteiger partial charge >= 0.3 is 0 Å². The van der Waals surface area contributed by atoms with Crippen LogP contribution in [0.3, 0.4) is 0 Å². The Morgan fingerprint density at radius 2 is 1.90 bits per heavy atom. The number of nitrogens with one attached hydrogen (secondary N) is 1. The van der Waals surface area contributed by atoms with Crippen molar-refractivity contribution in [3.63, 3.8) is 0 Å². The van der Waals surface area contributed by atoms with E-state index < -0.39 is 10.0 Å². The molecule has 0 radical (unpaired) electrons. The first-order chi connectivity index (χ1) is 13.6. The number of ether oxygens (including phenoxy) is 1. The van der Waals surface area contributed by atoms with Crippen LogP contribution in [0.2, 0.25) is 5.02 Å². The Balaban J connectivity index is 1.80. The van der Waals surface area contributed by atoms with Crippen molar-refractivity contribution in [3.8, 4) is 5.75 Å². The molecule has 2 aromatic carbocycles. The Kier molecular flexibility index (Phi) is 8.34. The minimum Gasteiger partial charge on any atom is -0.491 e. The van der Waals surface area contributed by atoms with Crippen LogP contribution in [0.1, 0.15) is 25.3 Å². The van der Waals surface area contributed by atoms with Crippen molar-refractivity contribution in [2.24, 2.45) is 0 Å². The van der Waals surface area contributed by atoms with E-state index in [1.165, 1.54) is 4.31 Å². The van der Waals surface area contributed by atoms with E-state index in [2.05, 4.69) is 5.32 Å². The molecule has 0 heterocycles. The highest BCUT2D eigenvalue weighted by Gasteiger charge is 2.18. The molecule has 0 saturated carbocycles. The summed E-state index contributed by atoms with van der Waals surface area (Å²) in [6.07, 6.45) is 1.73. The molecule has 6 nitrogen and oxygen atoms in total. The van der Waals surface area contributed by atoms with Gasteiger partial charge in [0.15, 0.2) is 0 Å². The number of aryl methyl sites for hydroxylation is 1. The van der Waals surface area contributed by atoms with Crippen molar-refractivity contribution in [1.82, 2.24) is 5.32 Å². The van der Waals surface area contributed by atoms with Gasteiger partial charge in [-0.1, -0.05) is 35.4 Å². The average Bonchev–Trinajstić information content (AvgIpc) is 2.63. The molecule has 0 spiro atoms. The lowest BCUT2D eigenvalue weighted by Crippen LogP contribution is -2.37. The molecule has 1 unspecified atom stereocenters. The number of carbonyl (C=O) groups is 1. The number of halogens is 1. The van der Waals surface area contributed by atoms with Crippen LogP contribution in [0.15, 0.2) is 48.5 Å². The largest absolute Gasteiger partial charge is 0.491 e. The molecule has 1 amide bonds. The van der Waals surface area contributed by atoms with E-state index in [1.54, 1.807) is 24.3 Å². The van der Waals surface area contributed by atoms with Crippen molar-refractivity contribution in [3.05, 3.63) is 59.1 Å². The molecular formula is C21H27ClN2O4S. The van der Waals surface area contributed by atoms with Gasteiger partial charge in [0.25, 0.3) is 0 Å². The number of carbonyl (C=O) groups excluding carboxylic acids is 1. The second kappa shape index (κ2) is 10.5. The van der Waals surface area contributed by atoms with Gasteiger partial charge in [-0.3, -0.25) is 9.10 Å². The quantitative estimate of drug-likeness (QED) is 0.612. The monoisotopic (exact) mass is 438 g/mol. The lowest BCUT2D eigenvalue weighted by atomic mass is 10.2. The summed E-state index contributed by atoms with van der Waals surface area (Å²) in [6.45, 7) is 4.42. The summed E-state index contributed by atoms with van der Waals surface area (Å²) in [5, 5.41) is 3.32. The predicted molar refractivity (Wildman–Crippen MR) is 117 cm³/mol. The predicted octanol–water partition coefficient (Wildman–Crippen LogP) is 3.78. The van der Waals surface area contributed by atoms with Gasteiger partial charge < -0.3 is 10.1 Å². The number of benzene rings is 2. The molecule has 0 aliphatic rings. The number of hydrogen-bond donors (Lipinski definition) is 1. The Bertz CT molecular complexity index is 917. The van der Waals surface area contributed by atoms with E-state index in [1.807, 2.05) is 38.1 Å². The van der Waals surface area contributed by atoms with Crippen LogP contribution in [0.5, 0.6) is 5.75 Å². The van der Waals surface area contributed by atoms with Crippen molar-refractivity contribution >= 4 is 33.2 Å². The van der Waals surface area contributed by atoms with Gasteiger partial charge in [0.2, 0.25) is 15.9 Å². The number of hydrogen-bond acceptors (Lipinski definition) is 4. The molecule has 158 valence electrons. The van der Waals surface area contributed by atoms with Crippen molar-refractivity contribution in [2.75, 3.05) is 23.7 Å². The van der Waals surface area contributed by atoms with Gasteiger partial charge in [0, 0.05) is 18.0 Å². The van der Waals surface area contributed by atoms with Gasteiger partial charge in [-0.2, -0.15) is 0 Å². The maximum atomic E-state index is 12.2. The molecule has 2 rings (SSSR count).